The quantitative estimate of drug-likeness (QED) is 0.211. The number of benzene rings is 3. The summed E-state index contributed by atoms with van der Waals surface area (Å²) in [5.41, 5.74) is 5.55. The summed E-state index contributed by atoms with van der Waals surface area (Å²) in [6.07, 6.45) is 1.38. The van der Waals surface area contributed by atoms with Gasteiger partial charge in [0.25, 0.3) is 0 Å². The Hall–Kier alpha value is -3.71. The van der Waals surface area contributed by atoms with Crippen molar-refractivity contribution in [1.29, 1.82) is 0 Å². The highest BCUT2D eigenvalue weighted by atomic mass is 35.5. The first-order valence-electron chi connectivity index (χ1n) is 9.85. The van der Waals surface area contributed by atoms with E-state index in [0.717, 1.165) is 22.2 Å². The lowest BCUT2D eigenvalue weighted by Crippen LogP contribution is -2.00. The highest BCUT2D eigenvalue weighted by molar-refractivity contribution is 6.33. The van der Waals surface area contributed by atoms with Gasteiger partial charge in [0.2, 0.25) is 11.6 Å². The number of nitro benzene ring substituents is 1. The Kier molecular flexibility index (Phi) is 5.44. The third kappa shape index (κ3) is 3.71. The average Bonchev–Trinajstić information content (AvgIpc) is 3.15. The number of rotatable bonds is 4. The fourth-order valence-corrected chi connectivity index (χ4v) is 3.72. The van der Waals surface area contributed by atoms with E-state index in [1.54, 1.807) is 19.1 Å². The van der Waals surface area contributed by atoms with Gasteiger partial charge in [-0.05, 0) is 74.7 Å². The number of aryl methyl sites for hydroxylation is 2. The predicted molar refractivity (Wildman–Crippen MR) is 125 cm³/mol. The first kappa shape index (κ1) is 21.5. The molecule has 4 rings (SSSR count). The van der Waals surface area contributed by atoms with E-state index >= 15 is 0 Å². The molecule has 3 aromatic carbocycles. The van der Waals surface area contributed by atoms with Crippen LogP contribution < -0.4 is 0 Å². The van der Waals surface area contributed by atoms with Crippen molar-refractivity contribution in [2.75, 3.05) is 0 Å². The molecule has 162 valence electrons. The Balaban J connectivity index is 1.74. The van der Waals surface area contributed by atoms with Gasteiger partial charge in [-0.2, -0.15) is 0 Å². The lowest BCUT2D eigenvalue weighted by molar-refractivity contribution is -0.386. The number of phenolic OH excluding ortho intramolecular Hbond substituents is 1. The topological polar surface area (TPSA) is 102 Å². The van der Waals surface area contributed by atoms with Gasteiger partial charge in [-0.3, -0.25) is 15.1 Å². The first-order chi connectivity index (χ1) is 15.2. The van der Waals surface area contributed by atoms with Crippen LogP contribution in [0.25, 0.3) is 22.6 Å². The van der Waals surface area contributed by atoms with Crippen LogP contribution in [0, 0.1) is 37.8 Å². The van der Waals surface area contributed by atoms with E-state index in [9.17, 15) is 15.2 Å². The van der Waals surface area contributed by atoms with Gasteiger partial charge in [0, 0.05) is 22.9 Å². The first-order valence-corrected chi connectivity index (χ1v) is 10.2. The lowest BCUT2D eigenvalue weighted by atomic mass is 10.0. The highest BCUT2D eigenvalue weighted by Crippen LogP contribution is 2.40. The van der Waals surface area contributed by atoms with Gasteiger partial charge in [-0.25, -0.2) is 4.98 Å². The molecular formula is C24H20ClN3O4. The Morgan fingerprint density at radius 3 is 2.56 bits per heavy atom. The number of oxazole rings is 1. The second-order valence-corrected chi connectivity index (χ2v) is 8.04. The SMILES string of the molecule is Cc1cc2nc(-c3cccc(N=Cc4c(C)c(Cl)c(C)c([N+](=O)[O-])c4O)c3)oc2cc1C. The zero-order chi connectivity index (χ0) is 23.2. The van der Waals surface area contributed by atoms with E-state index < -0.39 is 16.4 Å². The van der Waals surface area contributed by atoms with Gasteiger partial charge in [-0.1, -0.05) is 17.7 Å². The summed E-state index contributed by atoms with van der Waals surface area (Å²) in [5.74, 6) is 0.00842. The maximum absolute atomic E-state index is 11.4. The minimum absolute atomic E-state index is 0.200. The van der Waals surface area contributed by atoms with Crippen LogP contribution in [0.2, 0.25) is 5.02 Å². The highest BCUT2D eigenvalue weighted by Gasteiger charge is 2.25. The molecule has 1 heterocycles. The minimum Gasteiger partial charge on any atom is -0.502 e. The number of nitro groups is 1. The third-order valence-electron chi connectivity index (χ3n) is 5.52. The third-order valence-corrected chi connectivity index (χ3v) is 6.09. The summed E-state index contributed by atoms with van der Waals surface area (Å²) in [6, 6.07) is 11.2. The zero-order valence-electron chi connectivity index (χ0n) is 17.9. The number of phenols is 1. The molecule has 0 amide bonds. The van der Waals surface area contributed by atoms with E-state index in [-0.39, 0.29) is 16.1 Å². The van der Waals surface area contributed by atoms with Gasteiger partial charge < -0.3 is 9.52 Å². The van der Waals surface area contributed by atoms with Crippen LogP contribution in [0.3, 0.4) is 0 Å². The largest absolute Gasteiger partial charge is 0.502 e. The smallest absolute Gasteiger partial charge is 0.315 e. The molecule has 0 fully saturated rings. The Morgan fingerprint density at radius 1 is 1.12 bits per heavy atom. The van der Waals surface area contributed by atoms with E-state index in [2.05, 4.69) is 9.98 Å². The van der Waals surface area contributed by atoms with E-state index in [4.69, 9.17) is 16.0 Å². The fourth-order valence-electron chi connectivity index (χ4n) is 3.53. The number of hydrogen-bond donors (Lipinski definition) is 1. The maximum Gasteiger partial charge on any atom is 0.315 e. The molecule has 8 heteroatoms. The second kappa shape index (κ2) is 8.09. The molecule has 0 bridgehead atoms. The predicted octanol–water partition coefficient (Wildman–Crippen LogP) is 6.75. The summed E-state index contributed by atoms with van der Waals surface area (Å²) in [7, 11) is 0. The molecule has 1 N–H and O–H groups in total. The standard InChI is InChI=1S/C24H20ClN3O4/c1-12-8-19-20(9-13(12)2)32-24(27-19)16-6-5-7-17(10-16)26-11-18-14(3)21(25)15(4)22(23(18)29)28(30)31/h5-11,29H,1-4H3. The molecular weight excluding hydrogens is 430 g/mol. The zero-order valence-corrected chi connectivity index (χ0v) is 18.7. The maximum atomic E-state index is 11.4. The van der Waals surface area contributed by atoms with Gasteiger partial charge >= 0.3 is 5.69 Å². The number of halogens is 1. The molecule has 0 saturated heterocycles. The van der Waals surface area contributed by atoms with E-state index in [1.165, 1.54) is 13.1 Å². The van der Waals surface area contributed by atoms with Gasteiger partial charge in [0.05, 0.1) is 15.6 Å². The molecule has 4 aromatic rings. The van der Waals surface area contributed by atoms with Crippen molar-refractivity contribution in [3.8, 4) is 17.2 Å². The van der Waals surface area contributed by atoms with Gasteiger partial charge in [0.15, 0.2) is 5.58 Å². The average molecular weight is 450 g/mol. The van der Waals surface area contributed by atoms with Crippen LogP contribution in [0.5, 0.6) is 5.75 Å². The van der Waals surface area contributed by atoms with Crippen LogP contribution >= 0.6 is 11.6 Å². The number of aromatic hydroxyl groups is 1. The minimum atomic E-state index is -0.648. The fraction of sp³-hybridized carbons (Fsp3) is 0.167. The van der Waals surface area contributed by atoms with Gasteiger partial charge in [0.1, 0.15) is 5.52 Å². The molecule has 0 unspecified atom stereocenters. The lowest BCUT2D eigenvalue weighted by Gasteiger charge is -2.10. The molecule has 0 aliphatic heterocycles. The molecule has 0 aliphatic rings. The van der Waals surface area contributed by atoms with Crippen molar-refractivity contribution >= 4 is 40.3 Å². The van der Waals surface area contributed by atoms with Crippen molar-refractivity contribution in [2.24, 2.45) is 4.99 Å². The van der Waals surface area contributed by atoms with Crippen LogP contribution in [0.15, 0.2) is 45.8 Å². The molecule has 0 aliphatic carbocycles. The molecule has 7 nitrogen and oxygen atoms in total. The van der Waals surface area contributed by atoms with Crippen molar-refractivity contribution in [3.63, 3.8) is 0 Å². The summed E-state index contributed by atoms with van der Waals surface area (Å²) in [4.78, 5) is 19.7. The Bertz CT molecular complexity index is 1380. The summed E-state index contributed by atoms with van der Waals surface area (Å²) in [6.45, 7) is 7.22. The number of fused-ring (bicyclic) bond motifs is 1. The number of aromatic nitrogens is 1. The van der Waals surface area contributed by atoms with E-state index in [1.807, 2.05) is 38.1 Å². The molecule has 0 radical (unpaired) electrons. The van der Waals surface area contributed by atoms with Crippen LogP contribution in [0.4, 0.5) is 11.4 Å². The van der Waals surface area contributed by atoms with Crippen LogP contribution in [-0.2, 0) is 0 Å². The van der Waals surface area contributed by atoms with Gasteiger partial charge in [-0.15, -0.1) is 0 Å². The Labute approximate surface area is 189 Å². The number of nitrogens with zero attached hydrogens (tertiary/aromatic N) is 3. The summed E-state index contributed by atoms with van der Waals surface area (Å²) < 4.78 is 5.92. The molecule has 32 heavy (non-hydrogen) atoms. The van der Waals surface area contributed by atoms with E-state index in [0.29, 0.717) is 22.7 Å². The second-order valence-electron chi connectivity index (χ2n) is 7.66. The summed E-state index contributed by atoms with van der Waals surface area (Å²) in [5, 5.41) is 22.1. The normalized spacial score (nSPS) is 11.5. The van der Waals surface area contributed by atoms with Crippen LogP contribution in [-0.4, -0.2) is 21.2 Å². The molecule has 0 atom stereocenters. The summed E-state index contributed by atoms with van der Waals surface area (Å²) >= 11 is 6.25. The molecule has 1 aromatic heterocycles. The number of aliphatic imine (C=N–C) groups is 1. The Morgan fingerprint density at radius 2 is 1.84 bits per heavy atom. The van der Waals surface area contributed by atoms with Crippen molar-refractivity contribution < 1.29 is 14.4 Å². The van der Waals surface area contributed by atoms with Crippen molar-refractivity contribution in [3.05, 3.63) is 79.4 Å². The van der Waals surface area contributed by atoms with Crippen LogP contribution in [0.1, 0.15) is 27.8 Å². The van der Waals surface area contributed by atoms with Crippen molar-refractivity contribution in [2.45, 2.75) is 27.7 Å². The molecule has 0 spiro atoms. The number of hydrogen-bond acceptors (Lipinski definition) is 6. The monoisotopic (exact) mass is 449 g/mol. The molecule has 0 saturated carbocycles. The van der Waals surface area contributed by atoms with Crippen molar-refractivity contribution in [1.82, 2.24) is 4.98 Å².